The molecule has 7 heteroatoms. The van der Waals surface area contributed by atoms with Crippen LogP contribution >= 0.6 is 23.4 Å². The number of benzene rings is 1. The van der Waals surface area contributed by atoms with Gasteiger partial charge in [-0.15, -0.1) is 0 Å². The third-order valence-electron chi connectivity index (χ3n) is 2.28. The highest BCUT2D eigenvalue weighted by molar-refractivity contribution is 7.98. The maximum Gasteiger partial charge on any atom is 0.342 e. The third-order valence-corrected chi connectivity index (χ3v) is 3.10. The molecule has 98 valence electrons. The van der Waals surface area contributed by atoms with E-state index in [4.69, 9.17) is 11.6 Å². The van der Waals surface area contributed by atoms with Crippen molar-refractivity contribution in [1.29, 1.82) is 0 Å². The van der Waals surface area contributed by atoms with Gasteiger partial charge in [0.15, 0.2) is 11.0 Å². The minimum absolute atomic E-state index is 0.0784. The molecular weight excluding hydrogens is 286 g/mol. The predicted octanol–water partition coefficient (Wildman–Crippen LogP) is 3.29. The number of rotatable bonds is 4. The molecule has 0 aliphatic carbocycles. The van der Waals surface area contributed by atoms with Crippen LogP contribution in [0.4, 0.5) is 11.5 Å². The van der Waals surface area contributed by atoms with E-state index in [0.717, 1.165) is 5.69 Å². The second kappa shape index (κ2) is 5.90. The summed E-state index contributed by atoms with van der Waals surface area (Å²) in [5.41, 5.74) is 0.593. The van der Waals surface area contributed by atoms with Gasteiger partial charge in [-0.05, 0) is 18.4 Å². The van der Waals surface area contributed by atoms with E-state index in [1.165, 1.54) is 11.8 Å². The van der Waals surface area contributed by atoms with Gasteiger partial charge >= 0.3 is 5.97 Å². The van der Waals surface area contributed by atoms with E-state index in [-0.39, 0.29) is 16.5 Å². The minimum atomic E-state index is -1.17. The highest BCUT2D eigenvalue weighted by atomic mass is 35.5. The van der Waals surface area contributed by atoms with Crippen LogP contribution in [0.15, 0.2) is 35.5 Å². The van der Waals surface area contributed by atoms with Gasteiger partial charge in [-0.2, -0.15) is 0 Å². The van der Waals surface area contributed by atoms with Gasteiger partial charge in [-0.1, -0.05) is 41.6 Å². The molecule has 0 atom stereocenters. The summed E-state index contributed by atoms with van der Waals surface area (Å²) in [6.45, 7) is 0. The second-order valence-corrected chi connectivity index (χ2v) is 4.65. The first-order valence-electron chi connectivity index (χ1n) is 5.28. The van der Waals surface area contributed by atoms with Crippen molar-refractivity contribution in [3.8, 4) is 0 Å². The van der Waals surface area contributed by atoms with Crippen molar-refractivity contribution < 1.29 is 9.90 Å². The van der Waals surface area contributed by atoms with Gasteiger partial charge in [0, 0.05) is 5.69 Å². The fraction of sp³-hybridized carbons (Fsp3) is 0.0833. The molecule has 0 bridgehead atoms. The number of anilines is 2. The van der Waals surface area contributed by atoms with Crippen LogP contribution in [0.5, 0.6) is 0 Å². The monoisotopic (exact) mass is 295 g/mol. The first kappa shape index (κ1) is 13.6. The SMILES string of the molecule is CSc1nc(Cl)c(C(=O)O)c(Nc2ccccc2)n1. The lowest BCUT2D eigenvalue weighted by Crippen LogP contribution is -2.08. The lowest BCUT2D eigenvalue weighted by Gasteiger charge is -2.10. The first-order valence-corrected chi connectivity index (χ1v) is 6.89. The normalized spacial score (nSPS) is 10.2. The van der Waals surface area contributed by atoms with Gasteiger partial charge < -0.3 is 10.4 Å². The molecule has 0 radical (unpaired) electrons. The zero-order chi connectivity index (χ0) is 13.8. The number of carboxylic acid groups (broad SMARTS) is 1. The van der Waals surface area contributed by atoms with Crippen LogP contribution in [0.1, 0.15) is 10.4 Å². The molecule has 0 aliphatic rings. The average molecular weight is 296 g/mol. The molecular formula is C12H10ClN3O2S. The molecule has 1 aromatic heterocycles. The molecule has 0 fully saturated rings. The molecule has 0 amide bonds. The average Bonchev–Trinajstić information content (AvgIpc) is 2.38. The van der Waals surface area contributed by atoms with Crippen LogP contribution < -0.4 is 5.32 Å². The van der Waals surface area contributed by atoms with Gasteiger partial charge in [0.1, 0.15) is 10.7 Å². The zero-order valence-corrected chi connectivity index (χ0v) is 11.5. The number of nitrogens with one attached hydrogen (secondary N) is 1. The Hall–Kier alpha value is -1.79. The summed E-state index contributed by atoms with van der Waals surface area (Å²) in [6.07, 6.45) is 1.79. The van der Waals surface area contributed by atoms with Gasteiger partial charge in [0.05, 0.1) is 0 Å². The van der Waals surface area contributed by atoms with Crippen LogP contribution in [-0.2, 0) is 0 Å². The summed E-state index contributed by atoms with van der Waals surface area (Å²) < 4.78 is 0. The molecule has 2 N–H and O–H groups in total. The minimum Gasteiger partial charge on any atom is -0.477 e. The largest absolute Gasteiger partial charge is 0.477 e. The van der Waals surface area contributed by atoms with Gasteiger partial charge in [0.25, 0.3) is 0 Å². The van der Waals surface area contributed by atoms with Gasteiger partial charge in [-0.25, -0.2) is 14.8 Å². The van der Waals surface area contributed by atoms with E-state index in [9.17, 15) is 9.90 Å². The Morgan fingerprint density at radius 1 is 1.32 bits per heavy atom. The number of hydrogen-bond acceptors (Lipinski definition) is 5. The van der Waals surface area contributed by atoms with Crippen molar-refractivity contribution in [1.82, 2.24) is 9.97 Å². The molecule has 2 rings (SSSR count). The van der Waals surface area contributed by atoms with Crippen molar-refractivity contribution in [2.75, 3.05) is 11.6 Å². The number of nitrogens with zero attached hydrogens (tertiary/aromatic N) is 2. The van der Waals surface area contributed by atoms with Gasteiger partial charge in [0.2, 0.25) is 0 Å². The standard InChI is InChI=1S/C12H10ClN3O2S/c1-19-12-15-9(13)8(11(17)18)10(16-12)14-7-5-3-2-4-6-7/h2-6H,1H3,(H,17,18)(H,14,15,16). The number of thioether (sulfide) groups is 1. The summed E-state index contributed by atoms with van der Waals surface area (Å²) >= 11 is 7.18. The Morgan fingerprint density at radius 3 is 2.58 bits per heavy atom. The van der Waals surface area contributed by atoms with E-state index in [1.54, 1.807) is 18.4 Å². The summed E-state index contributed by atoms with van der Waals surface area (Å²) in [7, 11) is 0. The molecule has 5 nitrogen and oxygen atoms in total. The molecule has 19 heavy (non-hydrogen) atoms. The van der Waals surface area contributed by atoms with Crippen LogP contribution in [0.25, 0.3) is 0 Å². The molecule has 0 spiro atoms. The number of para-hydroxylation sites is 1. The van der Waals surface area contributed by atoms with E-state index >= 15 is 0 Å². The van der Waals surface area contributed by atoms with E-state index in [1.807, 2.05) is 18.2 Å². The Morgan fingerprint density at radius 2 is 2.00 bits per heavy atom. The fourth-order valence-electron chi connectivity index (χ4n) is 1.44. The number of carbonyl (C=O) groups is 1. The number of carboxylic acids is 1. The number of halogens is 1. The second-order valence-electron chi connectivity index (χ2n) is 3.52. The van der Waals surface area contributed by atoms with Gasteiger partial charge in [-0.3, -0.25) is 0 Å². The van der Waals surface area contributed by atoms with Crippen molar-refractivity contribution in [2.45, 2.75) is 5.16 Å². The summed E-state index contributed by atoms with van der Waals surface area (Å²) in [6, 6.07) is 9.15. The summed E-state index contributed by atoms with van der Waals surface area (Å²) in [5.74, 6) is -0.987. The number of hydrogen-bond donors (Lipinski definition) is 2. The fourth-order valence-corrected chi connectivity index (χ4v) is 2.11. The smallest absolute Gasteiger partial charge is 0.342 e. The topological polar surface area (TPSA) is 75.1 Å². The highest BCUT2D eigenvalue weighted by Crippen LogP contribution is 2.26. The van der Waals surface area contributed by atoms with Crippen molar-refractivity contribution >= 4 is 40.8 Å². The van der Waals surface area contributed by atoms with E-state index in [2.05, 4.69) is 15.3 Å². The van der Waals surface area contributed by atoms with Crippen LogP contribution in [0, 0.1) is 0 Å². The van der Waals surface area contributed by atoms with E-state index in [0.29, 0.717) is 5.16 Å². The number of aromatic nitrogens is 2. The van der Waals surface area contributed by atoms with Crippen molar-refractivity contribution in [3.63, 3.8) is 0 Å². The molecule has 1 aromatic carbocycles. The Kier molecular flexibility index (Phi) is 4.24. The lowest BCUT2D eigenvalue weighted by atomic mass is 10.3. The van der Waals surface area contributed by atoms with E-state index < -0.39 is 5.97 Å². The molecule has 0 unspecified atom stereocenters. The van der Waals surface area contributed by atoms with Crippen molar-refractivity contribution in [3.05, 3.63) is 41.0 Å². The quantitative estimate of drug-likeness (QED) is 0.512. The molecule has 1 heterocycles. The molecule has 0 saturated heterocycles. The Balaban J connectivity index is 2.48. The third kappa shape index (κ3) is 3.15. The molecule has 0 aliphatic heterocycles. The Labute approximate surface area is 119 Å². The lowest BCUT2D eigenvalue weighted by molar-refractivity contribution is 0.0697. The number of aromatic carboxylic acids is 1. The maximum absolute atomic E-state index is 11.2. The zero-order valence-electron chi connectivity index (χ0n) is 9.92. The van der Waals surface area contributed by atoms with Crippen LogP contribution in [0.3, 0.4) is 0 Å². The summed E-state index contributed by atoms with van der Waals surface area (Å²) in [5, 5.41) is 12.4. The van der Waals surface area contributed by atoms with Crippen LogP contribution in [0.2, 0.25) is 5.15 Å². The Bertz CT molecular complexity index is 607. The molecule has 2 aromatic rings. The first-order chi connectivity index (χ1) is 9.11. The highest BCUT2D eigenvalue weighted by Gasteiger charge is 2.19. The predicted molar refractivity (Wildman–Crippen MR) is 75.5 cm³/mol. The maximum atomic E-state index is 11.2. The molecule has 0 saturated carbocycles. The summed E-state index contributed by atoms with van der Waals surface area (Å²) in [4.78, 5) is 19.3. The van der Waals surface area contributed by atoms with Crippen molar-refractivity contribution in [2.24, 2.45) is 0 Å². The van der Waals surface area contributed by atoms with Crippen LogP contribution in [-0.4, -0.2) is 27.3 Å².